The monoisotopic (exact) mass is 273 g/mol. The van der Waals surface area contributed by atoms with Crippen molar-refractivity contribution in [2.24, 2.45) is 0 Å². The molecule has 0 aliphatic carbocycles. The van der Waals surface area contributed by atoms with Crippen LogP contribution in [-0.4, -0.2) is 42.6 Å². The molecule has 0 aromatic carbocycles. The van der Waals surface area contributed by atoms with E-state index in [2.05, 4.69) is 28.8 Å². The van der Waals surface area contributed by atoms with Crippen LogP contribution < -0.4 is 4.90 Å². The molecule has 0 bridgehead atoms. The number of likely N-dealkylation sites (N-methyl/N-ethyl adjacent to an activating group) is 1. The van der Waals surface area contributed by atoms with E-state index < -0.39 is 0 Å². The molecule has 1 aliphatic heterocycles. The van der Waals surface area contributed by atoms with E-state index in [0.717, 1.165) is 31.0 Å². The smallest absolute Gasteiger partial charge is 0.129 e. The summed E-state index contributed by atoms with van der Waals surface area (Å²) in [5, 5.41) is 0.644. The Kier molecular flexibility index (Phi) is 4.13. The highest BCUT2D eigenvalue weighted by atomic mass is 35.5. The maximum Gasteiger partial charge on any atom is 0.129 e. The van der Waals surface area contributed by atoms with Crippen LogP contribution in [0.1, 0.15) is 12.5 Å². The number of alkyl halides is 1. The lowest BCUT2D eigenvalue weighted by Gasteiger charge is -2.39. The predicted octanol–water partition coefficient (Wildman–Crippen LogP) is 2.61. The van der Waals surface area contributed by atoms with E-state index in [1.807, 2.05) is 6.07 Å². The van der Waals surface area contributed by atoms with Gasteiger partial charge in [-0.15, -0.1) is 11.6 Å². The van der Waals surface area contributed by atoms with Crippen molar-refractivity contribution >= 4 is 29.0 Å². The Morgan fingerprint density at radius 3 is 2.88 bits per heavy atom. The predicted molar refractivity (Wildman–Crippen MR) is 73.1 cm³/mol. The summed E-state index contributed by atoms with van der Waals surface area (Å²) >= 11 is 11.9. The lowest BCUT2D eigenvalue weighted by atomic mass is 10.2. The van der Waals surface area contributed by atoms with Crippen LogP contribution in [0.5, 0.6) is 0 Å². The van der Waals surface area contributed by atoms with Gasteiger partial charge < -0.3 is 9.80 Å². The number of anilines is 1. The van der Waals surface area contributed by atoms with E-state index in [4.69, 9.17) is 23.2 Å². The molecule has 94 valence electrons. The minimum atomic E-state index is 0.427. The van der Waals surface area contributed by atoms with Crippen molar-refractivity contribution in [3.63, 3.8) is 0 Å². The van der Waals surface area contributed by atoms with Crippen LogP contribution in [0.2, 0.25) is 5.02 Å². The van der Waals surface area contributed by atoms with Crippen LogP contribution in [0.25, 0.3) is 0 Å². The summed E-state index contributed by atoms with van der Waals surface area (Å²) in [5.41, 5.74) is 0.949. The lowest BCUT2D eigenvalue weighted by molar-refractivity contribution is 0.274. The van der Waals surface area contributed by atoms with E-state index in [9.17, 15) is 0 Å². The van der Waals surface area contributed by atoms with E-state index >= 15 is 0 Å². The normalized spacial score (nSPS) is 21.9. The summed E-state index contributed by atoms with van der Waals surface area (Å²) in [6.45, 7) is 5.33. The van der Waals surface area contributed by atoms with Gasteiger partial charge in [-0.1, -0.05) is 11.6 Å². The molecule has 1 saturated heterocycles. The van der Waals surface area contributed by atoms with Gasteiger partial charge >= 0.3 is 0 Å². The Bertz CT molecular complexity index is 397. The largest absolute Gasteiger partial charge is 0.351 e. The molecule has 2 rings (SSSR count). The molecule has 5 heteroatoms. The number of rotatable bonds is 2. The van der Waals surface area contributed by atoms with Gasteiger partial charge in [-0.05, 0) is 25.6 Å². The van der Waals surface area contributed by atoms with Gasteiger partial charge in [0.25, 0.3) is 0 Å². The van der Waals surface area contributed by atoms with Crippen LogP contribution in [0.15, 0.2) is 12.3 Å². The number of aromatic nitrogens is 1. The molecule has 0 spiro atoms. The van der Waals surface area contributed by atoms with Crippen molar-refractivity contribution in [2.45, 2.75) is 18.8 Å². The van der Waals surface area contributed by atoms with Crippen molar-refractivity contribution in [3.8, 4) is 0 Å². The second kappa shape index (κ2) is 5.42. The molecule has 0 amide bonds. The molecule has 0 N–H and O–H groups in total. The number of piperazine rings is 1. The molecular formula is C12H17Cl2N3. The zero-order valence-electron chi connectivity index (χ0n) is 10.2. The van der Waals surface area contributed by atoms with E-state index in [-0.39, 0.29) is 0 Å². The van der Waals surface area contributed by atoms with E-state index in [1.165, 1.54) is 0 Å². The standard InChI is InChI=1S/C12H17Cl2N3/c1-9-8-16(2)3-4-17(9)12-5-10(6-13)11(14)7-15-12/h5,7,9H,3-4,6,8H2,1-2H3. The molecule has 1 aromatic rings. The number of halogens is 2. The summed E-state index contributed by atoms with van der Waals surface area (Å²) in [7, 11) is 2.15. The van der Waals surface area contributed by atoms with Gasteiger partial charge in [-0.2, -0.15) is 0 Å². The Hall–Kier alpha value is -0.510. The molecule has 0 saturated carbocycles. The van der Waals surface area contributed by atoms with Crippen LogP contribution in [0.4, 0.5) is 5.82 Å². The molecule has 17 heavy (non-hydrogen) atoms. The van der Waals surface area contributed by atoms with Crippen molar-refractivity contribution < 1.29 is 0 Å². The fourth-order valence-corrected chi connectivity index (χ4v) is 2.67. The highest BCUT2D eigenvalue weighted by molar-refractivity contribution is 6.32. The first kappa shape index (κ1) is 12.9. The van der Waals surface area contributed by atoms with Gasteiger partial charge in [0.15, 0.2) is 0 Å². The summed E-state index contributed by atoms with van der Waals surface area (Å²) in [4.78, 5) is 9.05. The lowest BCUT2D eigenvalue weighted by Crippen LogP contribution is -2.50. The number of pyridine rings is 1. The fourth-order valence-electron chi connectivity index (χ4n) is 2.21. The van der Waals surface area contributed by atoms with E-state index in [1.54, 1.807) is 6.20 Å². The highest BCUT2D eigenvalue weighted by Gasteiger charge is 2.22. The third-order valence-electron chi connectivity index (χ3n) is 3.19. The van der Waals surface area contributed by atoms with Crippen LogP contribution in [-0.2, 0) is 5.88 Å². The first-order valence-electron chi connectivity index (χ1n) is 5.77. The van der Waals surface area contributed by atoms with Gasteiger partial charge in [0.05, 0.1) is 5.02 Å². The first-order chi connectivity index (χ1) is 8.11. The van der Waals surface area contributed by atoms with Crippen LogP contribution in [0, 0.1) is 0 Å². The van der Waals surface area contributed by atoms with Gasteiger partial charge in [0.2, 0.25) is 0 Å². The number of nitrogens with zero attached hydrogens (tertiary/aromatic N) is 3. The quantitative estimate of drug-likeness (QED) is 0.773. The van der Waals surface area contributed by atoms with Crippen molar-refractivity contribution in [1.82, 2.24) is 9.88 Å². The second-order valence-electron chi connectivity index (χ2n) is 4.57. The Balaban J connectivity index is 2.22. The molecule has 0 radical (unpaired) electrons. The Morgan fingerprint density at radius 2 is 2.24 bits per heavy atom. The molecule has 1 aliphatic rings. The van der Waals surface area contributed by atoms with Crippen molar-refractivity contribution in [3.05, 3.63) is 22.8 Å². The van der Waals surface area contributed by atoms with Gasteiger partial charge in [0, 0.05) is 37.8 Å². The number of hydrogen-bond donors (Lipinski definition) is 0. The zero-order chi connectivity index (χ0) is 12.4. The molecule has 1 aromatic heterocycles. The van der Waals surface area contributed by atoms with Crippen molar-refractivity contribution in [1.29, 1.82) is 0 Å². The minimum absolute atomic E-state index is 0.427. The number of hydrogen-bond acceptors (Lipinski definition) is 3. The summed E-state index contributed by atoms with van der Waals surface area (Å²) in [6, 6.07) is 2.46. The van der Waals surface area contributed by atoms with Crippen LogP contribution in [0.3, 0.4) is 0 Å². The molecular weight excluding hydrogens is 257 g/mol. The summed E-state index contributed by atoms with van der Waals surface area (Å²) < 4.78 is 0. The maximum atomic E-state index is 6.02. The van der Waals surface area contributed by atoms with Gasteiger partial charge in [-0.3, -0.25) is 0 Å². The fraction of sp³-hybridized carbons (Fsp3) is 0.583. The summed E-state index contributed by atoms with van der Waals surface area (Å²) in [5.74, 6) is 1.40. The maximum absolute atomic E-state index is 6.02. The van der Waals surface area contributed by atoms with Gasteiger partial charge in [-0.25, -0.2) is 4.98 Å². The molecule has 2 heterocycles. The summed E-state index contributed by atoms with van der Waals surface area (Å²) in [6.07, 6.45) is 1.69. The average molecular weight is 274 g/mol. The van der Waals surface area contributed by atoms with Gasteiger partial charge in [0.1, 0.15) is 5.82 Å². The molecule has 1 unspecified atom stereocenters. The SMILES string of the molecule is CC1CN(C)CCN1c1cc(CCl)c(Cl)cn1. The minimum Gasteiger partial charge on any atom is -0.351 e. The molecule has 1 atom stereocenters. The van der Waals surface area contributed by atoms with E-state index in [0.29, 0.717) is 16.9 Å². The van der Waals surface area contributed by atoms with Crippen LogP contribution >= 0.6 is 23.2 Å². The Morgan fingerprint density at radius 1 is 1.47 bits per heavy atom. The third-order valence-corrected chi connectivity index (χ3v) is 3.82. The topological polar surface area (TPSA) is 19.4 Å². The molecule has 1 fully saturated rings. The highest BCUT2D eigenvalue weighted by Crippen LogP contribution is 2.24. The average Bonchev–Trinajstić information content (AvgIpc) is 2.30. The zero-order valence-corrected chi connectivity index (χ0v) is 11.7. The Labute approximate surface area is 112 Å². The van der Waals surface area contributed by atoms with Crippen molar-refractivity contribution in [2.75, 3.05) is 31.6 Å². The second-order valence-corrected chi connectivity index (χ2v) is 5.25. The molecule has 3 nitrogen and oxygen atoms in total. The first-order valence-corrected chi connectivity index (χ1v) is 6.68. The third kappa shape index (κ3) is 2.84.